The van der Waals surface area contributed by atoms with Crippen LogP contribution in [0.3, 0.4) is 0 Å². The van der Waals surface area contributed by atoms with Gasteiger partial charge in [-0.2, -0.15) is 0 Å². The average molecular weight is 276 g/mol. The van der Waals surface area contributed by atoms with Crippen molar-refractivity contribution in [1.82, 2.24) is 5.32 Å². The monoisotopic (exact) mass is 276 g/mol. The molecular weight excluding hydrogens is 252 g/mol. The minimum Gasteiger partial charge on any atom is -0.363 e. The lowest BCUT2D eigenvalue weighted by molar-refractivity contribution is -0.130. The van der Waals surface area contributed by atoms with Crippen LogP contribution in [0.5, 0.6) is 0 Å². The molecule has 1 amide bonds. The molecule has 1 aromatic carbocycles. The molecule has 1 saturated heterocycles. The minimum absolute atomic E-state index is 0.102. The third kappa shape index (κ3) is 3.81. The maximum absolute atomic E-state index is 11.8. The van der Waals surface area contributed by atoms with Crippen molar-refractivity contribution in [2.75, 3.05) is 25.0 Å². The number of ether oxygens (including phenoxy) is 1. The number of benzene rings is 1. The molecule has 1 atom stereocenters. The Balaban J connectivity index is 1.81. The molecule has 0 saturated carbocycles. The number of hydrogen-bond donors (Lipinski definition) is 2. The van der Waals surface area contributed by atoms with Crippen molar-refractivity contribution in [3.63, 3.8) is 0 Å². The van der Waals surface area contributed by atoms with E-state index in [4.69, 9.17) is 4.74 Å². The number of rotatable bonds is 6. The molecule has 20 heavy (non-hydrogen) atoms. The van der Waals surface area contributed by atoms with E-state index < -0.39 is 0 Å². The zero-order chi connectivity index (χ0) is 14.6. The lowest BCUT2D eigenvalue weighted by Gasteiger charge is -2.38. The molecule has 0 aromatic heterocycles. The summed E-state index contributed by atoms with van der Waals surface area (Å²) in [6.45, 7) is 8.11. The van der Waals surface area contributed by atoms with Gasteiger partial charge < -0.3 is 15.4 Å². The van der Waals surface area contributed by atoms with Crippen molar-refractivity contribution in [3.05, 3.63) is 29.8 Å². The quantitative estimate of drug-likeness (QED) is 0.839. The number of nitrogens with one attached hydrogen (secondary N) is 2. The summed E-state index contributed by atoms with van der Waals surface area (Å²) >= 11 is 0. The normalized spacial score (nSPS) is 18.1. The second-order valence-electron chi connectivity index (χ2n) is 5.82. The molecule has 2 N–H and O–H groups in total. The molecule has 4 heteroatoms. The minimum atomic E-state index is -0.183. The molecule has 0 radical (unpaired) electrons. The molecular formula is C16H24N2O2. The lowest BCUT2D eigenvalue weighted by Crippen LogP contribution is -2.59. The molecule has 1 aromatic rings. The molecule has 110 valence electrons. The van der Waals surface area contributed by atoms with Gasteiger partial charge in [0.15, 0.2) is 0 Å². The smallest absolute Gasteiger partial charge is 0.250 e. The van der Waals surface area contributed by atoms with Gasteiger partial charge in [-0.25, -0.2) is 0 Å². The average Bonchev–Trinajstić information content (AvgIpc) is 2.43. The van der Waals surface area contributed by atoms with Gasteiger partial charge in [0.2, 0.25) is 5.91 Å². The summed E-state index contributed by atoms with van der Waals surface area (Å²) in [4.78, 5) is 11.8. The Kier molecular flexibility index (Phi) is 4.78. The van der Waals surface area contributed by atoms with Crippen LogP contribution < -0.4 is 10.6 Å². The number of amides is 1. The first-order valence-electron chi connectivity index (χ1n) is 7.27. The van der Waals surface area contributed by atoms with E-state index in [0.717, 1.165) is 25.2 Å². The van der Waals surface area contributed by atoms with Crippen molar-refractivity contribution < 1.29 is 9.53 Å². The Morgan fingerprint density at radius 1 is 1.40 bits per heavy atom. The van der Waals surface area contributed by atoms with Gasteiger partial charge in [0.05, 0.1) is 5.60 Å². The molecule has 0 spiro atoms. The van der Waals surface area contributed by atoms with Gasteiger partial charge in [0.1, 0.15) is 6.61 Å². The maximum atomic E-state index is 11.8. The SMILES string of the molecule is CCC(C)c1ccc(NC(=O)COC2(C)CNC2)cc1. The summed E-state index contributed by atoms with van der Waals surface area (Å²) in [6.07, 6.45) is 1.12. The summed E-state index contributed by atoms with van der Waals surface area (Å²) in [6, 6.07) is 8.04. The number of carbonyl (C=O) groups excluding carboxylic acids is 1. The third-order valence-corrected chi connectivity index (χ3v) is 3.93. The van der Waals surface area contributed by atoms with Crippen LogP contribution in [0.2, 0.25) is 0 Å². The van der Waals surface area contributed by atoms with Crippen molar-refractivity contribution in [1.29, 1.82) is 0 Å². The summed E-state index contributed by atoms with van der Waals surface area (Å²) in [5.41, 5.74) is 1.94. The Morgan fingerprint density at radius 3 is 2.55 bits per heavy atom. The first-order valence-corrected chi connectivity index (χ1v) is 7.27. The van der Waals surface area contributed by atoms with Gasteiger partial charge in [-0.3, -0.25) is 4.79 Å². The van der Waals surface area contributed by atoms with Crippen molar-refractivity contribution >= 4 is 11.6 Å². The lowest BCUT2D eigenvalue weighted by atomic mass is 9.99. The molecule has 0 bridgehead atoms. The van der Waals surface area contributed by atoms with Gasteiger partial charge >= 0.3 is 0 Å². The molecule has 1 aliphatic heterocycles. The van der Waals surface area contributed by atoms with Crippen LogP contribution in [0.4, 0.5) is 5.69 Å². The molecule has 4 nitrogen and oxygen atoms in total. The predicted molar refractivity (Wildman–Crippen MR) is 81.0 cm³/mol. The molecule has 0 aliphatic carbocycles. The zero-order valence-corrected chi connectivity index (χ0v) is 12.5. The summed E-state index contributed by atoms with van der Waals surface area (Å²) in [5.74, 6) is 0.448. The Labute approximate surface area is 120 Å². The summed E-state index contributed by atoms with van der Waals surface area (Å²) in [7, 11) is 0. The Hall–Kier alpha value is -1.39. The summed E-state index contributed by atoms with van der Waals surface area (Å²) in [5, 5.41) is 6.00. The van der Waals surface area contributed by atoms with E-state index in [9.17, 15) is 4.79 Å². The highest BCUT2D eigenvalue weighted by molar-refractivity contribution is 5.91. The maximum Gasteiger partial charge on any atom is 0.250 e. The first kappa shape index (κ1) is 15.0. The molecule has 1 aliphatic rings. The zero-order valence-electron chi connectivity index (χ0n) is 12.5. The molecule has 1 fully saturated rings. The predicted octanol–water partition coefficient (Wildman–Crippen LogP) is 2.52. The van der Waals surface area contributed by atoms with Crippen molar-refractivity contribution in [2.24, 2.45) is 0 Å². The van der Waals surface area contributed by atoms with E-state index in [1.54, 1.807) is 0 Å². The number of hydrogen-bond acceptors (Lipinski definition) is 3. The van der Waals surface area contributed by atoms with E-state index in [1.807, 2.05) is 19.1 Å². The van der Waals surface area contributed by atoms with Crippen LogP contribution in [0.15, 0.2) is 24.3 Å². The van der Waals surface area contributed by atoms with Gasteiger partial charge in [0, 0.05) is 18.8 Å². The Bertz CT molecular complexity index is 452. The van der Waals surface area contributed by atoms with Crippen LogP contribution in [-0.2, 0) is 9.53 Å². The van der Waals surface area contributed by atoms with E-state index in [2.05, 4.69) is 36.6 Å². The topological polar surface area (TPSA) is 50.4 Å². The van der Waals surface area contributed by atoms with Crippen LogP contribution >= 0.6 is 0 Å². The van der Waals surface area contributed by atoms with Crippen molar-refractivity contribution in [2.45, 2.75) is 38.7 Å². The standard InChI is InChI=1S/C16H24N2O2/c1-4-12(2)13-5-7-14(8-6-13)18-15(19)9-20-16(3)10-17-11-16/h5-8,12,17H,4,9-11H2,1-3H3,(H,18,19). The van der Waals surface area contributed by atoms with E-state index in [1.165, 1.54) is 5.56 Å². The first-order chi connectivity index (χ1) is 9.52. The fourth-order valence-corrected chi connectivity index (χ4v) is 2.15. The third-order valence-electron chi connectivity index (χ3n) is 3.93. The van der Waals surface area contributed by atoms with Crippen LogP contribution in [-0.4, -0.2) is 31.2 Å². The van der Waals surface area contributed by atoms with Gasteiger partial charge in [-0.1, -0.05) is 26.0 Å². The number of anilines is 1. The van der Waals surface area contributed by atoms with Gasteiger partial charge in [0.25, 0.3) is 0 Å². The highest BCUT2D eigenvalue weighted by Gasteiger charge is 2.32. The Morgan fingerprint density at radius 2 is 2.05 bits per heavy atom. The van der Waals surface area contributed by atoms with Crippen LogP contribution in [0.25, 0.3) is 0 Å². The molecule has 2 rings (SSSR count). The highest BCUT2D eigenvalue weighted by atomic mass is 16.5. The van der Waals surface area contributed by atoms with Crippen LogP contribution in [0, 0.1) is 0 Å². The van der Waals surface area contributed by atoms with Crippen LogP contribution in [0.1, 0.15) is 38.7 Å². The van der Waals surface area contributed by atoms with Crippen molar-refractivity contribution in [3.8, 4) is 0 Å². The van der Waals surface area contributed by atoms with Gasteiger partial charge in [-0.15, -0.1) is 0 Å². The van der Waals surface area contributed by atoms with E-state index in [0.29, 0.717) is 5.92 Å². The fourth-order valence-electron chi connectivity index (χ4n) is 2.15. The number of carbonyl (C=O) groups is 1. The second kappa shape index (κ2) is 6.37. The highest BCUT2D eigenvalue weighted by Crippen LogP contribution is 2.20. The second-order valence-corrected chi connectivity index (χ2v) is 5.82. The van der Waals surface area contributed by atoms with Gasteiger partial charge in [-0.05, 0) is 37.0 Å². The largest absolute Gasteiger partial charge is 0.363 e. The summed E-state index contributed by atoms with van der Waals surface area (Å²) < 4.78 is 5.60. The molecule has 1 unspecified atom stereocenters. The molecule has 1 heterocycles. The fraction of sp³-hybridized carbons (Fsp3) is 0.562. The van der Waals surface area contributed by atoms with E-state index >= 15 is 0 Å². The van der Waals surface area contributed by atoms with E-state index in [-0.39, 0.29) is 18.1 Å².